The Kier molecular flexibility index (Phi) is 6.80. The van der Waals surface area contributed by atoms with Crippen molar-refractivity contribution in [2.75, 3.05) is 62.7 Å². The van der Waals surface area contributed by atoms with Crippen LogP contribution in [-0.2, 0) is 11.3 Å². The maximum atomic E-state index is 12.8. The molecule has 31 heavy (non-hydrogen) atoms. The molecular formula is C22H29ClN6O2. The minimum absolute atomic E-state index is 0.102. The van der Waals surface area contributed by atoms with Gasteiger partial charge in [0.15, 0.2) is 5.82 Å². The van der Waals surface area contributed by atoms with Gasteiger partial charge in [0.1, 0.15) is 0 Å². The van der Waals surface area contributed by atoms with E-state index in [0.717, 1.165) is 56.7 Å². The maximum Gasteiger partial charge on any atom is 0.344 e. The van der Waals surface area contributed by atoms with Gasteiger partial charge in [-0.1, -0.05) is 24.2 Å². The average molecular weight is 445 g/mol. The number of ether oxygens (including phenoxy) is 1. The molecule has 0 unspecified atom stereocenters. The van der Waals surface area contributed by atoms with Gasteiger partial charge in [-0.3, -0.25) is 4.90 Å². The van der Waals surface area contributed by atoms with Crippen LogP contribution in [0.3, 0.4) is 0 Å². The molecule has 0 saturated carbocycles. The van der Waals surface area contributed by atoms with Gasteiger partial charge in [0.2, 0.25) is 0 Å². The number of rotatable bonds is 5. The Balaban J connectivity index is 1.36. The van der Waals surface area contributed by atoms with Crippen LogP contribution >= 0.6 is 11.6 Å². The highest BCUT2D eigenvalue weighted by Crippen LogP contribution is 2.27. The van der Waals surface area contributed by atoms with Gasteiger partial charge < -0.3 is 19.9 Å². The highest BCUT2D eigenvalue weighted by molar-refractivity contribution is 6.30. The molecule has 1 aromatic carbocycles. The fraction of sp³-hybridized carbons (Fsp3) is 0.455. The number of hydrogen-bond donors (Lipinski definition) is 1. The molecule has 1 N–H and O–H groups in total. The molecule has 1 aromatic heterocycles. The van der Waals surface area contributed by atoms with Crippen molar-refractivity contribution >= 4 is 29.1 Å². The van der Waals surface area contributed by atoms with Crippen LogP contribution in [0.5, 0.6) is 0 Å². The molecule has 2 aromatic rings. The molecule has 3 heterocycles. The largest absolute Gasteiger partial charge is 0.378 e. The van der Waals surface area contributed by atoms with Gasteiger partial charge in [-0.2, -0.15) is 4.68 Å². The molecular weight excluding hydrogens is 416 g/mol. The number of hydrogen-bond acceptors (Lipinski definition) is 6. The van der Waals surface area contributed by atoms with Crippen LogP contribution in [0.25, 0.3) is 0 Å². The van der Waals surface area contributed by atoms with E-state index >= 15 is 0 Å². The topological polar surface area (TPSA) is 65.9 Å². The fourth-order valence-corrected chi connectivity index (χ4v) is 4.13. The van der Waals surface area contributed by atoms with Crippen molar-refractivity contribution < 1.29 is 9.53 Å². The minimum Gasteiger partial charge on any atom is -0.378 e. The first-order chi connectivity index (χ1) is 15.0. The van der Waals surface area contributed by atoms with Crippen molar-refractivity contribution in [1.82, 2.24) is 19.6 Å². The van der Waals surface area contributed by atoms with Crippen molar-refractivity contribution in [2.45, 2.75) is 13.5 Å². The zero-order valence-corrected chi connectivity index (χ0v) is 18.6. The summed E-state index contributed by atoms with van der Waals surface area (Å²) in [6.45, 7) is 12.7. The van der Waals surface area contributed by atoms with E-state index in [2.05, 4.69) is 38.9 Å². The number of amides is 1. The summed E-state index contributed by atoms with van der Waals surface area (Å²) in [7, 11) is 0. The van der Waals surface area contributed by atoms with E-state index in [-0.39, 0.29) is 6.03 Å². The Labute approximate surface area is 188 Å². The lowest BCUT2D eigenvalue weighted by molar-refractivity contribution is 0.122. The van der Waals surface area contributed by atoms with E-state index in [0.29, 0.717) is 18.9 Å². The van der Waals surface area contributed by atoms with Gasteiger partial charge in [0.05, 0.1) is 13.2 Å². The van der Waals surface area contributed by atoms with Gasteiger partial charge >= 0.3 is 6.03 Å². The van der Waals surface area contributed by atoms with Gasteiger partial charge in [0, 0.05) is 74.5 Å². The molecule has 0 radical (unpaired) electrons. The molecule has 0 bridgehead atoms. The average Bonchev–Trinajstić information content (AvgIpc) is 3.23. The molecule has 2 aliphatic rings. The number of halogens is 1. The molecule has 1 amide bonds. The number of allylic oxidation sites excluding steroid dienone is 1. The van der Waals surface area contributed by atoms with Crippen molar-refractivity contribution in [3.8, 4) is 0 Å². The van der Waals surface area contributed by atoms with E-state index in [1.807, 2.05) is 17.9 Å². The summed E-state index contributed by atoms with van der Waals surface area (Å²) in [6.07, 6.45) is 1.68. The maximum absolute atomic E-state index is 12.8. The Morgan fingerprint density at radius 2 is 1.90 bits per heavy atom. The number of carbonyl (C=O) groups excluding carboxylic acids is 1. The van der Waals surface area contributed by atoms with Gasteiger partial charge in [-0.05, 0) is 24.6 Å². The first-order valence-corrected chi connectivity index (χ1v) is 11.0. The van der Waals surface area contributed by atoms with E-state index in [4.69, 9.17) is 16.3 Å². The standard InChI is InChI=1S/C22H29ClN6O2/c1-17(2)24-21-5-6-29(25-21)22(30)28-9-7-26(8-10-28)16-18-3-4-19(23)15-20(18)27-11-13-31-14-12-27/h3-6,15H,1,7-14,16H2,2H3,(H,24,25). The Morgan fingerprint density at radius 1 is 1.16 bits per heavy atom. The summed E-state index contributed by atoms with van der Waals surface area (Å²) >= 11 is 6.29. The van der Waals surface area contributed by atoms with E-state index in [9.17, 15) is 4.79 Å². The van der Waals surface area contributed by atoms with Crippen molar-refractivity contribution in [3.05, 3.63) is 53.3 Å². The second kappa shape index (κ2) is 9.72. The predicted octanol–water partition coefficient (Wildman–Crippen LogP) is 3.10. The number of anilines is 2. The Bertz CT molecular complexity index is 932. The van der Waals surface area contributed by atoms with Crippen LogP contribution in [0.2, 0.25) is 5.02 Å². The van der Waals surface area contributed by atoms with Crippen LogP contribution in [-0.4, -0.2) is 78.1 Å². The Hall–Kier alpha value is -2.55. The van der Waals surface area contributed by atoms with Crippen molar-refractivity contribution in [1.29, 1.82) is 0 Å². The highest BCUT2D eigenvalue weighted by atomic mass is 35.5. The molecule has 9 heteroatoms. The predicted molar refractivity (Wildman–Crippen MR) is 123 cm³/mol. The molecule has 4 rings (SSSR count). The first kappa shape index (κ1) is 21.7. The lowest BCUT2D eigenvalue weighted by atomic mass is 10.1. The summed E-state index contributed by atoms with van der Waals surface area (Å²) in [4.78, 5) is 19.4. The summed E-state index contributed by atoms with van der Waals surface area (Å²) in [6, 6.07) is 7.79. The second-order valence-corrected chi connectivity index (χ2v) is 8.41. The number of morpholine rings is 1. The molecule has 0 aliphatic carbocycles. The SMILES string of the molecule is C=C(C)Nc1ccn(C(=O)N2CCN(Cc3ccc(Cl)cc3N3CCOCC3)CC2)n1. The zero-order valence-electron chi connectivity index (χ0n) is 17.9. The zero-order chi connectivity index (χ0) is 21.8. The van der Waals surface area contributed by atoms with E-state index < -0.39 is 0 Å². The number of nitrogens with zero attached hydrogens (tertiary/aromatic N) is 5. The highest BCUT2D eigenvalue weighted by Gasteiger charge is 2.24. The van der Waals surface area contributed by atoms with Gasteiger partial charge in [0.25, 0.3) is 0 Å². The lowest BCUT2D eigenvalue weighted by Gasteiger charge is -2.36. The molecule has 0 spiro atoms. The summed E-state index contributed by atoms with van der Waals surface area (Å²) in [5.74, 6) is 0.623. The van der Waals surface area contributed by atoms with Crippen LogP contribution in [0.1, 0.15) is 12.5 Å². The van der Waals surface area contributed by atoms with Crippen LogP contribution < -0.4 is 10.2 Å². The van der Waals surface area contributed by atoms with Crippen LogP contribution in [0.15, 0.2) is 42.7 Å². The van der Waals surface area contributed by atoms with Crippen molar-refractivity contribution in [2.24, 2.45) is 0 Å². The Morgan fingerprint density at radius 3 is 2.61 bits per heavy atom. The quantitative estimate of drug-likeness (QED) is 0.764. The normalized spacial score (nSPS) is 17.6. The lowest BCUT2D eigenvalue weighted by Crippen LogP contribution is -2.49. The van der Waals surface area contributed by atoms with E-state index in [1.165, 1.54) is 15.9 Å². The monoisotopic (exact) mass is 444 g/mol. The third-order valence-electron chi connectivity index (χ3n) is 5.56. The third-order valence-corrected chi connectivity index (χ3v) is 5.80. The van der Waals surface area contributed by atoms with Crippen LogP contribution in [0.4, 0.5) is 16.3 Å². The molecule has 0 atom stereocenters. The number of piperazine rings is 1. The molecule has 166 valence electrons. The number of aromatic nitrogens is 2. The second-order valence-electron chi connectivity index (χ2n) is 7.97. The summed E-state index contributed by atoms with van der Waals surface area (Å²) in [5.41, 5.74) is 3.22. The number of nitrogens with one attached hydrogen (secondary N) is 1. The number of carbonyl (C=O) groups is 1. The van der Waals surface area contributed by atoms with Crippen LogP contribution in [0, 0.1) is 0 Å². The molecule has 2 aliphatic heterocycles. The van der Waals surface area contributed by atoms with Gasteiger partial charge in [-0.25, -0.2) is 4.79 Å². The molecule has 2 fully saturated rings. The fourth-order valence-electron chi connectivity index (χ4n) is 3.97. The smallest absolute Gasteiger partial charge is 0.344 e. The molecule has 8 nitrogen and oxygen atoms in total. The molecule has 2 saturated heterocycles. The van der Waals surface area contributed by atoms with Gasteiger partial charge in [-0.15, -0.1) is 5.10 Å². The summed E-state index contributed by atoms with van der Waals surface area (Å²) in [5, 5.41) is 8.07. The summed E-state index contributed by atoms with van der Waals surface area (Å²) < 4.78 is 6.88. The number of benzene rings is 1. The minimum atomic E-state index is -0.102. The first-order valence-electron chi connectivity index (χ1n) is 10.6. The van der Waals surface area contributed by atoms with E-state index in [1.54, 1.807) is 12.3 Å². The van der Waals surface area contributed by atoms with Crippen molar-refractivity contribution in [3.63, 3.8) is 0 Å². The third kappa shape index (κ3) is 5.39.